The van der Waals surface area contributed by atoms with Crippen LogP contribution in [0, 0.1) is 6.92 Å². The van der Waals surface area contributed by atoms with Crippen molar-refractivity contribution in [1.29, 1.82) is 0 Å². The molecule has 2 N–H and O–H groups in total. The summed E-state index contributed by atoms with van der Waals surface area (Å²) in [5, 5.41) is 13.4. The number of amides is 1. The lowest BCUT2D eigenvalue weighted by Crippen LogP contribution is -2.27. The molecule has 21 heavy (non-hydrogen) atoms. The van der Waals surface area contributed by atoms with E-state index in [-0.39, 0.29) is 18.2 Å². The van der Waals surface area contributed by atoms with Gasteiger partial charge in [0.25, 0.3) is 5.91 Å². The molecule has 2 heterocycles. The number of furan rings is 2. The predicted molar refractivity (Wildman–Crippen MR) is 77.0 cm³/mol. The zero-order valence-corrected chi connectivity index (χ0v) is 11.5. The van der Waals surface area contributed by atoms with Crippen LogP contribution in [-0.2, 0) is 0 Å². The largest absolute Gasteiger partial charge is 0.464 e. The Morgan fingerprint density at radius 3 is 2.76 bits per heavy atom. The van der Waals surface area contributed by atoms with Gasteiger partial charge in [0, 0.05) is 5.39 Å². The predicted octanol–water partition coefficient (Wildman–Crippen LogP) is 2.80. The number of aliphatic hydroxyl groups excluding tert-OH is 1. The summed E-state index contributed by atoms with van der Waals surface area (Å²) in [4.78, 5) is 12.0. The molecule has 0 aliphatic rings. The maximum atomic E-state index is 12.0. The summed E-state index contributed by atoms with van der Waals surface area (Å²) >= 11 is 0. The van der Waals surface area contributed by atoms with Gasteiger partial charge in [-0.1, -0.05) is 18.2 Å². The molecule has 0 saturated heterocycles. The van der Waals surface area contributed by atoms with Gasteiger partial charge in [-0.3, -0.25) is 4.79 Å². The molecule has 0 saturated carbocycles. The molecule has 5 heteroatoms. The van der Waals surface area contributed by atoms with Crippen LogP contribution in [0.15, 0.2) is 51.3 Å². The third kappa shape index (κ3) is 2.83. The van der Waals surface area contributed by atoms with Gasteiger partial charge in [-0.25, -0.2) is 0 Å². The van der Waals surface area contributed by atoms with Crippen LogP contribution in [0.4, 0.5) is 0 Å². The van der Waals surface area contributed by atoms with E-state index in [1.54, 1.807) is 31.2 Å². The van der Waals surface area contributed by atoms with E-state index in [9.17, 15) is 9.90 Å². The number of fused-ring (bicyclic) bond motifs is 1. The summed E-state index contributed by atoms with van der Waals surface area (Å²) in [5.41, 5.74) is 0.657. The van der Waals surface area contributed by atoms with Crippen molar-refractivity contribution in [3.8, 4) is 0 Å². The summed E-state index contributed by atoms with van der Waals surface area (Å²) in [5.74, 6) is 0.998. The van der Waals surface area contributed by atoms with Crippen molar-refractivity contribution >= 4 is 16.9 Å². The van der Waals surface area contributed by atoms with Crippen molar-refractivity contribution in [2.45, 2.75) is 13.0 Å². The Hall–Kier alpha value is -2.53. The van der Waals surface area contributed by atoms with E-state index in [2.05, 4.69) is 5.32 Å². The summed E-state index contributed by atoms with van der Waals surface area (Å²) in [6.07, 6.45) is -0.882. The first-order chi connectivity index (χ1) is 10.1. The molecule has 1 atom stereocenters. The van der Waals surface area contributed by atoms with Crippen molar-refractivity contribution in [3.63, 3.8) is 0 Å². The highest BCUT2D eigenvalue weighted by Crippen LogP contribution is 2.19. The molecule has 0 bridgehead atoms. The van der Waals surface area contributed by atoms with Crippen LogP contribution in [0.3, 0.4) is 0 Å². The van der Waals surface area contributed by atoms with Crippen molar-refractivity contribution < 1.29 is 18.7 Å². The minimum atomic E-state index is -0.882. The van der Waals surface area contributed by atoms with Gasteiger partial charge in [0.2, 0.25) is 0 Å². The topological polar surface area (TPSA) is 75.6 Å². The molecule has 0 radical (unpaired) electrons. The fourth-order valence-electron chi connectivity index (χ4n) is 2.10. The average Bonchev–Trinajstić information content (AvgIpc) is 3.10. The molecule has 3 rings (SSSR count). The van der Waals surface area contributed by atoms with E-state index >= 15 is 0 Å². The van der Waals surface area contributed by atoms with Gasteiger partial charge in [0.1, 0.15) is 23.2 Å². The lowest BCUT2D eigenvalue weighted by molar-refractivity contribution is 0.0876. The zero-order chi connectivity index (χ0) is 14.8. The van der Waals surface area contributed by atoms with Crippen molar-refractivity contribution in [2.75, 3.05) is 6.54 Å². The number of aliphatic hydroxyl groups is 1. The first-order valence-electron chi connectivity index (χ1n) is 6.64. The van der Waals surface area contributed by atoms with Gasteiger partial charge in [0.15, 0.2) is 5.76 Å². The van der Waals surface area contributed by atoms with Gasteiger partial charge < -0.3 is 19.3 Å². The summed E-state index contributed by atoms with van der Waals surface area (Å²) < 4.78 is 10.8. The Labute approximate surface area is 121 Å². The minimum absolute atomic E-state index is 0.0584. The van der Waals surface area contributed by atoms with Gasteiger partial charge >= 0.3 is 0 Å². The molecule has 108 valence electrons. The molecule has 1 aromatic carbocycles. The maximum absolute atomic E-state index is 12.0. The van der Waals surface area contributed by atoms with Gasteiger partial charge in [-0.15, -0.1) is 0 Å². The molecule has 1 unspecified atom stereocenters. The van der Waals surface area contributed by atoms with Crippen LogP contribution in [0.1, 0.15) is 28.2 Å². The van der Waals surface area contributed by atoms with Crippen LogP contribution >= 0.6 is 0 Å². The monoisotopic (exact) mass is 285 g/mol. The van der Waals surface area contributed by atoms with Crippen molar-refractivity contribution in [1.82, 2.24) is 5.32 Å². The van der Waals surface area contributed by atoms with E-state index in [4.69, 9.17) is 8.83 Å². The summed E-state index contributed by atoms with van der Waals surface area (Å²) in [6, 6.07) is 12.5. The number of carbonyl (C=O) groups excluding carboxylic acids is 1. The van der Waals surface area contributed by atoms with E-state index in [1.165, 1.54) is 0 Å². The second-order valence-corrected chi connectivity index (χ2v) is 4.82. The highest BCUT2D eigenvalue weighted by atomic mass is 16.4. The van der Waals surface area contributed by atoms with E-state index < -0.39 is 6.10 Å². The third-order valence-corrected chi connectivity index (χ3v) is 3.19. The van der Waals surface area contributed by atoms with Crippen LogP contribution in [0.2, 0.25) is 0 Å². The molecule has 5 nitrogen and oxygen atoms in total. The number of hydrogen-bond donors (Lipinski definition) is 2. The SMILES string of the molecule is Cc1ccc(C(O)CNC(=O)c2cc3ccccc3o2)o1. The number of benzene rings is 1. The fraction of sp³-hybridized carbons (Fsp3) is 0.188. The number of aryl methyl sites for hydroxylation is 1. The first-order valence-corrected chi connectivity index (χ1v) is 6.64. The minimum Gasteiger partial charge on any atom is -0.464 e. The Morgan fingerprint density at radius 1 is 1.24 bits per heavy atom. The van der Waals surface area contributed by atoms with E-state index in [1.807, 2.05) is 18.2 Å². The van der Waals surface area contributed by atoms with E-state index in [0.717, 1.165) is 5.39 Å². The normalized spacial score (nSPS) is 12.5. The van der Waals surface area contributed by atoms with Crippen LogP contribution in [-0.4, -0.2) is 17.6 Å². The molecule has 0 aliphatic heterocycles. The van der Waals surface area contributed by atoms with Gasteiger partial charge in [0.05, 0.1) is 6.54 Å². The molecular weight excluding hydrogens is 270 g/mol. The molecule has 0 spiro atoms. The second kappa shape index (κ2) is 5.46. The number of hydrogen-bond acceptors (Lipinski definition) is 4. The van der Waals surface area contributed by atoms with Crippen molar-refractivity contribution in [2.24, 2.45) is 0 Å². The Kier molecular flexibility index (Phi) is 3.50. The van der Waals surface area contributed by atoms with Gasteiger partial charge in [-0.05, 0) is 31.2 Å². The summed E-state index contributed by atoms with van der Waals surface area (Å²) in [7, 11) is 0. The lowest BCUT2D eigenvalue weighted by atomic mass is 10.2. The van der Waals surface area contributed by atoms with Gasteiger partial charge in [-0.2, -0.15) is 0 Å². The number of para-hydroxylation sites is 1. The van der Waals surface area contributed by atoms with Crippen LogP contribution in [0.5, 0.6) is 0 Å². The Morgan fingerprint density at radius 2 is 2.05 bits per heavy atom. The standard InChI is InChI=1S/C16H15NO4/c1-10-6-7-14(20-10)12(18)9-17-16(19)15-8-11-4-2-3-5-13(11)21-15/h2-8,12,18H,9H2,1H3,(H,17,19). The third-order valence-electron chi connectivity index (χ3n) is 3.19. The van der Waals surface area contributed by atoms with Crippen molar-refractivity contribution in [3.05, 3.63) is 59.7 Å². The zero-order valence-electron chi connectivity index (χ0n) is 11.5. The lowest BCUT2D eigenvalue weighted by Gasteiger charge is -2.08. The van der Waals surface area contributed by atoms with Crippen LogP contribution < -0.4 is 5.32 Å². The number of carbonyl (C=O) groups is 1. The first kappa shape index (κ1) is 13.5. The number of rotatable bonds is 4. The number of nitrogens with one attached hydrogen (secondary N) is 1. The quantitative estimate of drug-likeness (QED) is 0.773. The highest BCUT2D eigenvalue weighted by Gasteiger charge is 2.16. The molecule has 1 amide bonds. The smallest absolute Gasteiger partial charge is 0.287 e. The molecular formula is C16H15NO4. The second-order valence-electron chi connectivity index (χ2n) is 4.82. The Balaban J connectivity index is 1.66. The molecule has 3 aromatic rings. The van der Waals surface area contributed by atoms with Crippen LogP contribution in [0.25, 0.3) is 11.0 Å². The fourth-order valence-corrected chi connectivity index (χ4v) is 2.10. The highest BCUT2D eigenvalue weighted by molar-refractivity contribution is 5.96. The summed E-state index contributed by atoms with van der Waals surface area (Å²) in [6.45, 7) is 1.85. The Bertz CT molecular complexity index is 738. The average molecular weight is 285 g/mol. The molecule has 0 aliphatic carbocycles. The molecule has 0 fully saturated rings. The van der Waals surface area contributed by atoms with E-state index in [0.29, 0.717) is 17.1 Å². The molecule has 2 aromatic heterocycles. The maximum Gasteiger partial charge on any atom is 0.287 e.